The van der Waals surface area contributed by atoms with E-state index in [-0.39, 0.29) is 0 Å². The van der Waals surface area contributed by atoms with E-state index in [1.165, 1.54) is 7.11 Å². The minimum absolute atomic E-state index is 0.521. The molecule has 12 nitrogen and oxygen atoms in total. The van der Waals surface area contributed by atoms with Gasteiger partial charge in [-0.3, -0.25) is 4.79 Å². The van der Waals surface area contributed by atoms with E-state index in [1.807, 2.05) is 0 Å². The molecule has 2 rings (SSSR count). The van der Waals surface area contributed by atoms with E-state index in [0.29, 0.717) is 0 Å². The third-order valence-electron chi connectivity index (χ3n) is 4.76. The maximum atomic E-state index is 11.1. The van der Waals surface area contributed by atoms with Crippen molar-refractivity contribution in [3.05, 3.63) is 0 Å². The molecule has 2 aliphatic rings. The topological polar surface area (TPSA) is 196 Å². The van der Waals surface area contributed by atoms with Gasteiger partial charge in [0, 0.05) is 13.0 Å². The molecule has 27 heavy (non-hydrogen) atoms. The molecule has 0 bridgehead atoms. The van der Waals surface area contributed by atoms with Gasteiger partial charge in [-0.1, -0.05) is 0 Å². The molecule has 0 spiro atoms. The van der Waals surface area contributed by atoms with Crippen molar-refractivity contribution >= 4 is 5.97 Å². The van der Waals surface area contributed by atoms with E-state index < -0.39 is 86.8 Å². The van der Waals surface area contributed by atoms with E-state index in [2.05, 4.69) is 0 Å². The van der Waals surface area contributed by atoms with Crippen molar-refractivity contribution in [2.24, 2.45) is 5.92 Å². The zero-order valence-corrected chi connectivity index (χ0v) is 14.6. The second kappa shape index (κ2) is 9.52. The van der Waals surface area contributed by atoms with Crippen LogP contribution in [0, 0.1) is 5.92 Å². The fourth-order valence-electron chi connectivity index (χ4n) is 3.27. The van der Waals surface area contributed by atoms with Crippen LogP contribution in [0.4, 0.5) is 0 Å². The lowest BCUT2D eigenvalue weighted by Gasteiger charge is -2.46. The number of hydrogen-bond acceptors (Lipinski definition) is 11. The number of carboxylic acids is 1. The summed E-state index contributed by atoms with van der Waals surface area (Å²) in [5.41, 5.74) is 0. The Bertz CT molecular complexity index is 487. The van der Waals surface area contributed by atoms with Gasteiger partial charge in [0.25, 0.3) is 0 Å². The summed E-state index contributed by atoms with van der Waals surface area (Å²) in [7, 11) is 1.25. The highest BCUT2D eigenvalue weighted by Gasteiger charge is 2.51. The zero-order chi connectivity index (χ0) is 20.3. The van der Waals surface area contributed by atoms with Crippen LogP contribution >= 0.6 is 0 Å². The Morgan fingerprint density at radius 3 is 2.00 bits per heavy atom. The van der Waals surface area contributed by atoms with Gasteiger partial charge >= 0.3 is 5.97 Å². The Balaban J connectivity index is 2.19. The van der Waals surface area contributed by atoms with Crippen LogP contribution in [0.5, 0.6) is 0 Å². The van der Waals surface area contributed by atoms with Gasteiger partial charge in [0.05, 0.1) is 25.7 Å². The maximum Gasteiger partial charge on any atom is 0.303 e. The SMILES string of the molecule is CO[C@@H]1O[C@H](CO)[C@@H](O[C@H]2O[C@H](CO)[C@@H](O)[C@H](O)[C@H]2O)[C@H](O)[C@H]1CC(=O)O. The summed E-state index contributed by atoms with van der Waals surface area (Å²) in [6.07, 6.45) is -13.5. The summed E-state index contributed by atoms with van der Waals surface area (Å²) in [5.74, 6) is -2.27. The molecule has 0 aliphatic carbocycles. The smallest absolute Gasteiger partial charge is 0.303 e. The number of aliphatic carboxylic acids is 1. The molecule has 2 saturated heterocycles. The highest BCUT2D eigenvalue weighted by atomic mass is 16.7. The standard InChI is InChI=1S/C15H26O12/c1-24-14-5(2-8(18)19)9(20)13(7(4-17)26-14)27-15-12(23)11(22)10(21)6(3-16)25-15/h5-7,9-17,20-23H,2-4H2,1H3,(H,18,19)/t5-,6-,7-,9-,10-,11+,12-,13-,14-,15-/m1/s1. The fraction of sp³-hybridized carbons (Fsp3) is 0.933. The summed E-state index contributed by atoms with van der Waals surface area (Å²) in [5, 5.41) is 68.0. The molecule has 0 aromatic heterocycles. The highest BCUT2D eigenvalue weighted by Crippen LogP contribution is 2.33. The summed E-state index contributed by atoms with van der Waals surface area (Å²) in [4.78, 5) is 11.1. The number of carbonyl (C=O) groups is 1. The van der Waals surface area contributed by atoms with Crippen molar-refractivity contribution in [1.29, 1.82) is 0 Å². The predicted molar refractivity (Wildman–Crippen MR) is 83.1 cm³/mol. The quantitative estimate of drug-likeness (QED) is 0.220. The monoisotopic (exact) mass is 398 g/mol. The van der Waals surface area contributed by atoms with Gasteiger partial charge in [0.1, 0.15) is 36.6 Å². The first-order chi connectivity index (χ1) is 12.7. The van der Waals surface area contributed by atoms with Crippen molar-refractivity contribution in [2.75, 3.05) is 20.3 Å². The summed E-state index contributed by atoms with van der Waals surface area (Å²) >= 11 is 0. The number of hydrogen-bond donors (Lipinski definition) is 7. The van der Waals surface area contributed by atoms with Crippen LogP contribution in [-0.4, -0.2) is 117 Å². The molecule has 0 aromatic carbocycles. The first-order valence-corrected chi connectivity index (χ1v) is 8.40. The summed E-state index contributed by atoms with van der Waals surface area (Å²) < 4.78 is 21.2. The van der Waals surface area contributed by atoms with Gasteiger partial charge in [0.15, 0.2) is 12.6 Å². The first-order valence-electron chi connectivity index (χ1n) is 8.40. The van der Waals surface area contributed by atoms with Crippen LogP contribution in [0.1, 0.15) is 6.42 Å². The molecule has 0 radical (unpaired) electrons. The Hall–Kier alpha value is -0.930. The Labute approximate surface area is 154 Å². The van der Waals surface area contributed by atoms with Crippen molar-refractivity contribution in [3.63, 3.8) is 0 Å². The Kier molecular flexibility index (Phi) is 7.88. The highest BCUT2D eigenvalue weighted by molar-refractivity contribution is 5.67. The van der Waals surface area contributed by atoms with Crippen LogP contribution in [0.2, 0.25) is 0 Å². The van der Waals surface area contributed by atoms with Gasteiger partial charge < -0.3 is 54.7 Å². The van der Waals surface area contributed by atoms with Crippen molar-refractivity contribution < 1.29 is 59.5 Å². The van der Waals surface area contributed by atoms with Gasteiger partial charge in [-0.2, -0.15) is 0 Å². The molecular weight excluding hydrogens is 372 g/mol. The van der Waals surface area contributed by atoms with Crippen molar-refractivity contribution in [1.82, 2.24) is 0 Å². The van der Waals surface area contributed by atoms with E-state index >= 15 is 0 Å². The van der Waals surface area contributed by atoms with Crippen molar-refractivity contribution in [3.8, 4) is 0 Å². The third kappa shape index (κ3) is 4.74. The van der Waals surface area contributed by atoms with Crippen LogP contribution in [0.3, 0.4) is 0 Å². The molecule has 2 aliphatic heterocycles. The number of methoxy groups -OCH3 is 1. The van der Waals surface area contributed by atoms with E-state index in [4.69, 9.17) is 24.1 Å². The number of rotatable bonds is 7. The lowest BCUT2D eigenvalue weighted by Crippen LogP contribution is -2.63. The number of aliphatic hydroxyl groups excluding tert-OH is 6. The number of ether oxygens (including phenoxy) is 4. The molecular formula is C15H26O12. The molecule has 0 unspecified atom stereocenters. The second-order valence-electron chi connectivity index (χ2n) is 6.51. The molecule has 2 fully saturated rings. The van der Waals surface area contributed by atoms with E-state index in [1.54, 1.807) is 0 Å². The molecule has 0 amide bonds. The van der Waals surface area contributed by atoms with Crippen LogP contribution in [0.15, 0.2) is 0 Å². The van der Waals surface area contributed by atoms with Crippen LogP contribution in [0.25, 0.3) is 0 Å². The molecule has 10 atom stereocenters. The lowest BCUT2D eigenvalue weighted by atomic mass is 9.88. The Morgan fingerprint density at radius 2 is 1.48 bits per heavy atom. The third-order valence-corrected chi connectivity index (χ3v) is 4.76. The summed E-state index contributed by atoms with van der Waals surface area (Å²) in [6.45, 7) is -1.30. The molecule has 12 heteroatoms. The number of carboxylic acid groups (broad SMARTS) is 1. The predicted octanol–water partition coefficient (Wildman–Crippen LogP) is -4.01. The minimum atomic E-state index is -1.73. The molecule has 2 heterocycles. The number of aliphatic hydroxyl groups is 6. The average Bonchev–Trinajstić information content (AvgIpc) is 2.64. The molecule has 158 valence electrons. The first kappa shape index (κ1) is 22.4. The zero-order valence-electron chi connectivity index (χ0n) is 14.6. The van der Waals surface area contributed by atoms with E-state index in [0.717, 1.165) is 0 Å². The second-order valence-corrected chi connectivity index (χ2v) is 6.51. The summed E-state index contributed by atoms with van der Waals surface area (Å²) in [6, 6.07) is 0. The Morgan fingerprint density at radius 1 is 0.889 bits per heavy atom. The largest absolute Gasteiger partial charge is 0.481 e. The minimum Gasteiger partial charge on any atom is -0.481 e. The molecule has 0 saturated carbocycles. The molecule has 0 aromatic rings. The van der Waals surface area contributed by atoms with Gasteiger partial charge in [-0.15, -0.1) is 0 Å². The van der Waals surface area contributed by atoms with E-state index in [9.17, 15) is 35.4 Å². The average molecular weight is 398 g/mol. The van der Waals surface area contributed by atoms with Gasteiger partial charge in [0.2, 0.25) is 0 Å². The molecule has 7 N–H and O–H groups in total. The van der Waals surface area contributed by atoms with Gasteiger partial charge in [-0.05, 0) is 0 Å². The normalized spacial score (nSPS) is 45.6. The van der Waals surface area contributed by atoms with Crippen LogP contribution in [-0.2, 0) is 23.7 Å². The van der Waals surface area contributed by atoms with Crippen LogP contribution < -0.4 is 0 Å². The fourth-order valence-corrected chi connectivity index (χ4v) is 3.27. The van der Waals surface area contributed by atoms with Crippen molar-refractivity contribution in [2.45, 2.75) is 61.7 Å². The lowest BCUT2D eigenvalue weighted by molar-refractivity contribution is -0.352. The van der Waals surface area contributed by atoms with Gasteiger partial charge in [-0.25, -0.2) is 0 Å². The maximum absolute atomic E-state index is 11.1.